The van der Waals surface area contributed by atoms with E-state index in [-0.39, 0.29) is 5.69 Å². The van der Waals surface area contributed by atoms with Crippen LogP contribution < -0.4 is 0 Å². The molecule has 7 heteroatoms. The summed E-state index contributed by atoms with van der Waals surface area (Å²) in [6.45, 7) is 3.65. The predicted octanol–water partition coefficient (Wildman–Crippen LogP) is 2.50. The summed E-state index contributed by atoms with van der Waals surface area (Å²) in [7, 11) is 0. The van der Waals surface area contributed by atoms with Crippen LogP contribution in [0.4, 0.5) is 5.69 Å². The van der Waals surface area contributed by atoms with Crippen LogP contribution in [0.25, 0.3) is 0 Å². The van der Waals surface area contributed by atoms with E-state index in [1.54, 1.807) is 36.7 Å². The Kier molecular flexibility index (Phi) is 3.29. The van der Waals surface area contributed by atoms with Crippen molar-refractivity contribution in [2.45, 2.75) is 20.4 Å². The van der Waals surface area contributed by atoms with Gasteiger partial charge >= 0.3 is 5.69 Å². The Balaban J connectivity index is 2.36. The maximum Gasteiger partial charge on any atom is 0.312 e. The van der Waals surface area contributed by atoms with Crippen LogP contribution in [0.5, 0.6) is 0 Å². The molecule has 0 spiro atoms. The Labute approximate surface area is 108 Å². The van der Waals surface area contributed by atoms with Gasteiger partial charge in [0, 0.05) is 0 Å². The summed E-state index contributed by atoms with van der Waals surface area (Å²) in [4.78, 5) is 14.6. The van der Waals surface area contributed by atoms with Crippen LogP contribution in [0.1, 0.15) is 17.1 Å². The van der Waals surface area contributed by atoms with E-state index in [1.807, 2.05) is 0 Å². The quantitative estimate of drug-likeness (QED) is 0.486. The first-order chi connectivity index (χ1) is 8.49. The van der Waals surface area contributed by atoms with Crippen molar-refractivity contribution in [3.8, 4) is 0 Å². The van der Waals surface area contributed by atoms with Crippen molar-refractivity contribution in [2.75, 3.05) is 0 Å². The average molecular weight is 267 g/mol. The molecule has 0 aliphatic rings. The maximum absolute atomic E-state index is 10.9. The van der Waals surface area contributed by atoms with E-state index in [4.69, 9.17) is 11.6 Å². The number of aromatic nitrogens is 3. The number of rotatable bonds is 3. The van der Waals surface area contributed by atoms with Crippen LogP contribution in [0.2, 0.25) is 5.15 Å². The number of nitrogens with zero attached hydrogens (tertiary/aromatic N) is 4. The Hall–Kier alpha value is -1.95. The molecule has 0 fully saturated rings. The summed E-state index contributed by atoms with van der Waals surface area (Å²) < 4.78 is 1.56. The second-order valence-corrected chi connectivity index (χ2v) is 4.27. The molecule has 0 unspecified atom stereocenters. The van der Waals surface area contributed by atoms with E-state index in [9.17, 15) is 10.1 Å². The molecule has 0 saturated heterocycles. The van der Waals surface area contributed by atoms with Crippen LogP contribution in [-0.4, -0.2) is 19.7 Å². The molecule has 94 valence electrons. The van der Waals surface area contributed by atoms with Gasteiger partial charge < -0.3 is 0 Å². The highest BCUT2D eigenvalue weighted by Gasteiger charge is 2.21. The molecule has 0 saturated carbocycles. The van der Waals surface area contributed by atoms with Gasteiger partial charge in [0.05, 0.1) is 17.2 Å². The van der Waals surface area contributed by atoms with Gasteiger partial charge in [-0.3, -0.25) is 14.8 Å². The van der Waals surface area contributed by atoms with E-state index >= 15 is 0 Å². The number of aryl methyl sites for hydroxylation is 1. The number of pyridine rings is 1. The predicted molar refractivity (Wildman–Crippen MR) is 66.7 cm³/mol. The fourth-order valence-electron chi connectivity index (χ4n) is 1.80. The molecule has 0 bridgehead atoms. The van der Waals surface area contributed by atoms with Crippen molar-refractivity contribution in [1.82, 2.24) is 14.8 Å². The van der Waals surface area contributed by atoms with Gasteiger partial charge in [-0.25, -0.2) is 4.98 Å². The van der Waals surface area contributed by atoms with E-state index in [0.29, 0.717) is 28.8 Å². The number of halogens is 1. The lowest BCUT2D eigenvalue weighted by Crippen LogP contribution is -2.06. The van der Waals surface area contributed by atoms with Crippen molar-refractivity contribution >= 4 is 17.3 Å². The molecule has 18 heavy (non-hydrogen) atoms. The van der Waals surface area contributed by atoms with Crippen molar-refractivity contribution in [3.63, 3.8) is 0 Å². The third-order valence-corrected chi connectivity index (χ3v) is 2.82. The fourth-order valence-corrected chi connectivity index (χ4v) is 1.98. The lowest BCUT2D eigenvalue weighted by Gasteiger charge is -2.03. The van der Waals surface area contributed by atoms with Gasteiger partial charge in [0.2, 0.25) is 0 Å². The van der Waals surface area contributed by atoms with E-state index in [0.717, 1.165) is 0 Å². The molecule has 2 rings (SSSR count). The summed E-state index contributed by atoms with van der Waals surface area (Å²) in [5.41, 5.74) is 1.68. The third-order valence-electron chi connectivity index (χ3n) is 2.61. The largest absolute Gasteiger partial charge is 0.312 e. The highest BCUT2D eigenvalue weighted by Crippen LogP contribution is 2.22. The standard InChI is InChI=1S/C11H11ClN4O2/c1-7-11(16(17)18)8(2)15(14-7)6-9-4-3-5-10(12)13-9/h3-5H,6H2,1-2H3. The van der Waals surface area contributed by atoms with Gasteiger partial charge in [0.1, 0.15) is 16.5 Å². The molecule has 0 radical (unpaired) electrons. The molecular weight excluding hydrogens is 256 g/mol. The topological polar surface area (TPSA) is 73.8 Å². The molecule has 6 nitrogen and oxygen atoms in total. The normalized spacial score (nSPS) is 10.6. The van der Waals surface area contributed by atoms with E-state index in [2.05, 4.69) is 10.1 Å². The fraction of sp³-hybridized carbons (Fsp3) is 0.273. The molecule has 0 atom stereocenters. The highest BCUT2D eigenvalue weighted by atomic mass is 35.5. The van der Waals surface area contributed by atoms with Crippen molar-refractivity contribution in [2.24, 2.45) is 0 Å². The molecular formula is C11H11ClN4O2. The van der Waals surface area contributed by atoms with Crippen LogP contribution in [0, 0.1) is 24.0 Å². The van der Waals surface area contributed by atoms with Crippen LogP contribution >= 0.6 is 11.6 Å². The minimum absolute atomic E-state index is 0.0528. The monoisotopic (exact) mass is 266 g/mol. The van der Waals surface area contributed by atoms with Crippen LogP contribution in [0.3, 0.4) is 0 Å². The molecule has 0 aliphatic heterocycles. The number of nitro groups is 1. The molecule has 2 aromatic heterocycles. The number of hydrogen-bond acceptors (Lipinski definition) is 4. The van der Waals surface area contributed by atoms with Gasteiger partial charge in [0.15, 0.2) is 0 Å². The Morgan fingerprint density at radius 1 is 1.44 bits per heavy atom. The molecule has 0 aliphatic carbocycles. The first kappa shape index (κ1) is 12.5. The van der Waals surface area contributed by atoms with Gasteiger partial charge in [-0.1, -0.05) is 17.7 Å². The third kappa shape index (κ3) is 2.33. The molecule has 2 aromatic rings. The molecule has 0 aromatic carbocycles. The van der Waals surface area contributed by atoms with Crippen molar-refractivity contribution < 1.29 is 4.92 Å². The summed E-state index contributed by atoms with van der Waals surface area (Å²) in [6, 6.07) is 5.26. The molecule has 0 amide bonds. The Bertz CT molecular complexity index is 609. The smallest absolute Gasteiger partial charge is 0.258 e. The zero-order valence-corrected chi connectivity index (χ0v) is 10.7. The molecule has 2 heterocycles. The van der Waals surface area contributed by atoms with Crippen LogP contribution in [0.15, 0.2) is 18.2 Å². The Morgan fingerprint density at radius 3 is 2.72 bits per heavy atom. The summed E-state index contributed by atoms with van der Waals surface area (Å²) in [5, 5.41) is 15.4. The minimum Gasteiger partial charge on any atom is -0.258 e. The van der Waals surface area contributed by atoms with Gasteiger partial charge in [-0.15, -0.1) is 0 Å². The Morgan fingerprint density at radius 2 is 2.17 bits per heavy atom. The summed E-state index contributed by atoms with van der Waals surface area (Å²) in [6.07, 6.45) is 0. The zero-order chi connectivity index (χ0) is 13.3. The van der Waals surface area contributed by atoms with E-state index < -0.39 is 4.92 Å². The van der Waals surface area contributed by atoms with Gasteiger partial charge in [0.25, 0.3) is 0 Å². The molecule has 0 N–H and O–H groups in total. The first-order valence-electron chi connectivity index (χ1n) is 5.29. The maximum atomic E-state index is 10.9. The van der Waals surface area contributed by atoms with E-state index in [1.165, 1.54) is 0 Å². The summed E-state index contributed by atoms with van der Waals surface area (Å²) in [5.74, 6) is 0. The minimum atomic E-state index is -0.417. The zero-order valence-electron chi connectivity index (χ0n) is 9.92. The van der Waals surface area contributed by atoms with Gasteiger partial charge in [-0.05, 0) is 26.0 Å². The SMILES string of the molecule is Cc1nn(Cc2cccc(Cl)n2)c(C)c1[N+](=O)[O-]. The van der Waals surface area contributed by atoms with Gasteiger partial charge in [-0.2, -0.15) is 5.10 Å². The highest BCUT2D eigenvalue weighted by molar-refractivity contribution is 6.29. The van der Waals surface area contributed by atoms with Crippen molar-refractivity contribution in [3.05, 3.63) is 50.5 Å². The average Bonchev–Trinajstić information content (AvgIpc) is 2.54. The number of hydrogen-bond donors (Lipinski definition) is 0. The second-order valence-electron chi connectivity index (χ2n) is 3.89. The second kappa shape index (κ2) is 4.73. The summed E-state index contributed by atoms with van der Waals surface area (Å²) >= 11 is 5.79. The lowest BCUT2D eigenvalue weighted by molar-refractivity contribution is -0.386. The van der Waals surface area contributed by atoms with Crippen molar-refractivity contribution in [1.29, 1.82) is 0 Å². The van der Waals surface area contributed by atoms with Crippen LogP contribution in [-0.2, 0) is 6.54 Å². The first-order valence-corrected chi connectivity index (χ1v) is 5.66. The lowest BCUT2D eigenvalue weighted by atomic mass is 10.3.